The zero-order valence-corrected chi connectivity index (χ0v) is 20.6. The van der Waals surface area contributed by atoms with E-state index in [0.29, 0.717) is 13.2 Å². The summed E-state index contributed by atoms with van der Waals surface area (Å²) in [5, 5.41) is 27.3. The lowest BCUT2D eigenvalue weighted by Gasteiger charge is -2.22. The Morgan fingerprint density at radius 2 is 1.17 bits per heavy atom. The molecule has 0 spiro atoms. The van der Waals surface area contributed by atoms with Crippen molar-refractivity contribution in [2.24, 2.45) is 5.41 Å². The van der Waals surface area contributed by atoms with Crippen molar-refractivity contribution in [3.8, 4) is 16.9 Å². The van der Waals surface area contributed by atoms with Crippen molar-refractivity contribution in [1.29, 1.82) is 0 Å². The van der Waals surface area contributed by atoms with Gasteiger partial charge in [0.2, 0.25) is 0 Å². The van der Waals surface area contributed by atoms with Gasteiger partial charge in [0.1, 0.15) is 11.2 Å². The van der Waals surface area contributed by atoms with Crippen LogP contribution in [0.4, 0.5) is 0 Å². The number of benzene rings is 2. The van der Waals surface area contributed by atoms with Crippen LogP contribution in [0.1, 0.15) is 68.6 Å². The quantitative estimate of drug-likeness (QED) is 0.211. The van der Waals surface area contributed by atoms with Gasteiger partial charge >= 0.3 is 11.9 Å². The molecule has 0 heterocycles. The first-order valence-corrected chi connectivity index (χ1v) is 12.3. The molecule has 7 nitrogen and oxygen atoms in total. The minimum absolute atomic E-state index is 0.276. The highest BCUT2D eigenvalue weighted by Crippen LogP contribution is 2.23. The molecule has 192 valence electrons. The van der Waals surface area contributed by atoms with E-state index in [2.05, 4.69) is 0 Å². The Morgan fingerprint density at radius 1 is 0.714 bits per heavy atom. The highest BCUT2D eigenvalue weighted by molar-refractivity contribution is 5.88. The third-order valence-corrected chi connectivity index (χ3v) is 6.05. The van der Waals surface area contributed by atoms with Gasteiger partial charge in [-0.2, -0.15) is 0 Å². The van der Waals surface area contributed by atoms with Crippen molar-refractivity contribution in [1.82, 2.24) is 0 Å². The smallest absolute Gasteiger partial charge is 0.335 e. The van der Waals surface area contributed by atoms with Gasteiger partial charge < -0.3 is 24.8 Å². The zero-order chi connectivity index (χ0) is 25.5. The second kappa shape index (κ2) is 15.2. The largest absolute Gasteiger partial charge is 0.494 e. The first-order chi connectivity index (χ1) is 16.9. The monoisotopic (exact) mass is 486 g/mol. The lowest BCUT2D eigenvalue weighted by molar-refractivity contribution is -0.160. The van der Waals surface area contributed by atoms with Gasteiger partial charge in [-0.1, -0.05) is 62.8 Å². The van der Waals surface area contributed by atoms with E-state index in [1.54, 1.807) is 24.3 Å². The van der Waals surface area contributed by atoms with Crippen LogP contribution >= 0.6 is 0 Å². The minimum atomic E-state index is -1.22. The summed E-state index contributed by atoms with van der Waals surface area (Å²) in [5.41, 5.74) is 1.04. The van der Waals surface area contributed by atoms with Gasteiger partial charge in [0.25, 0.3) is 0 Å². The Kier molecular flexibility index (Phi) is 12.3. The summed E-state index contributed by atoms with van der Waals surface area (Å²) in [6.45, 7) is 1.64. The summed E-state index contributed by atoms with van der Waals surface area (Å²) < 4.78 is 11.0. The van der Waals surface area contributed by atoms with E-state index in [9.17, 15) is 19.8 Å². The molecule has 7 heteroatoms. The van der Waals surface area contributed by atoms with Crippen LogP contribution < -0.4 is 4.74 Å². The van der Waals surface area contributed by atoms with E-state index in [1.165, 1.54) is 13.3 Å². The SMILES string of the molecule is CC(CO)(CO)C(=O)OCCCCCCCCCCOc1ccc(-c2ccc(C(=O)O)cc2)cc1. The Hall–Kier alpha value is -2.90. The first-order valence-electron chi connectivity index (χ1n) is 12.3. The van der Waals surface area contributed by atoms with Gasteiger partial charge in [0.05, 0.1) is 32.0 Å². The van der Waals surface area contributed by atoms with Crippen molar-refractivity contribution in [3.63, 3.8) is 0 Å². The van der Waals surface area contributed by atoms with Crippen molar-refractivity contribution in [3.05, 3.63) is 54.1 Å². The number of aromatic carboxylic acids is 1. The summed E-state index contributed by atoms with van der Waals surface area (Å²) in [6, 6.07) is 14.6. The Morgan fingerprint density at radius 3 is 1.66 bits per heavy atom. The molecule has 2 rings (SSSR count). The number of aliphatic hydroxyl groups is 2. The maximum Gasteiger partial charge on any atom is 0.335 e. The second-order valence-corrected chi connectivity index (χ2v) is 9.10. The van der Waals surface area contributed by atoms with Crippen LogP contribution in [-0.2, 0) is 9.53 Å². The first kappa shape index (κ1) is 28.3. The summed E-state index contributed by atoms with van der Waals surface area (Å²) in [7, 11) is 0. The zero-order valence-electron chi connectivity index (χ0n) is 20.6. The Balaban J connectivity index is 1.49. The standard InChI is InChI=1S/C28H38O7/c1-28(20-29,21-30)27(33)35-19-9-7-5-3-2-4-6-8-18-34-25-16-14-23(15-17-25)22-10-12-24(13-11-22)26(31)32/h10-17,29-30H,2-9,18-21H2,1H3,(H,31,32). The van der Waals surface area contributed by atoms with Gasteiger partial charge in [-0.3, -0.25) is 4.79 Å². The van der Waals surface area contributed by atoms with Gasteiger partial charge in [-0.05, 0) is 55.2 Å². The molecule has 0 aliphatic carbocycles. The summed E-state index contributed by atoms with van der Waals surface area (Å²) in [6.07, 6.45) is 8.47. The van der Waals surface area contributed by atoms with Crippen LogP contribution in [0.2, 0.25) is 0 Å². The third kappa shape index (κ3) is 9.70. The van der Waals surface area contributed by atoms with Crippen LogP contribution in [0.5, 0.6) is 5.75 Å². The molecule has 35 heavy (non-hydrogen) atoms. The minimum Gasteiger partial charge on any atom is -0.494 e. The number of aliphatic hydroxyl groups excluding tert-OH is 2. The molecule has 0 amide bonds. The fraction of sp³-hybridized carbons (Fsp3) is 0.500. The van der Waals surface area contributed by atoms with Crippen LogP contribution in [0.15, 0.2) is 48.5 Å². The molecule has 0 fully saturated rings. The van der Waals surface area contributed by atoms with E-state index in [-0.39, 0.29) is 5.56 Å². The number of unbranched alkanes of at least 4 members (excludes halogenated alkanes) is 7. The van der Waals surface area contributed by atoms with Gasteiger partial charge in [0, 0.05) is 0 Å². The van der Waals surface area contributed by atoms with E-state index in [0.717, 1.165) is 61.8 Å². The van der Waals surface area contributed by atoms with Crippen molar-refractivity contribution < 1.29 is 34.4 Å². The van der Waals surface area contributed by atoms with Crippen molar-refractivity contribution in [2.45, 2.75) is 58.3 Å². The second-order valence-electron chi connectivity index (χ2n) is 9.10. The fourth-order valence-corrected chi connectivity index (χ4v) is 3.52. The third-order valence-electron chi connectivity index (χ3n) is 6.05. The molecule has 0 aliphatic rings. The lowest BCUT2D eigenvalue weighted by atomic mass is 9.93. The molecule has 0 aromatic heterocycles. The number of esters is 1. The molecule has 0 atom stereocenters. The summed E-state index contributed by atoms with van der Waals surface area (Å²) in [5.74, 6) is -0.647. The number of rotatable bonds is 17. The van der Waals surface area contributed by atoms with Gasteiger partial charge in [0.15, 0.2) is 0 Å². The van der Waals surface area contributed by atoms with Crippen LogP contribution in [0.3, 0.4) is 0 Å². The lowest BCUT2D eigenvalue weighted by Crippen LogP contribution is -2.37. The van der Waals surface area contributed by atoms with Crippen molar-refractivity contribution >= 4 is 11.9 Å². The summed E-state index contributed by atoms with van der Waals surface area (Å²) in [4.78, 5) is 22.8. The van der Waals surface area contributed by atoms with Crippen molar-refractivity contribution in [2.75, 3.05) is 26.4 Å². The summed E-state index contributed by atoms with van der Waals surface area (Å²) >= 11 is 0. The normalized spacial score (nSPS) is 11.3. The van der Waals surface area contributed by atoms with Crippen LogP contribution in [-0.4, -0.2) is 53.7 Å². The highest BCUT2D eigenvalue weighted by atomic mass is 16.5. The molecule has 2 aromatic carbocycles. The number of hydrogen-bond donors (Lipinski definition) is 3. The molecule has 0 unspecified atom stereocenters. The molecule has 0 saturated carbocycles. The maximum atomic E-state index is 11.8. The molecule has 0 bridgehead atoms. The van der Waals surface area contributed by atoms with E-state index in [4.69, 9.17) is 14.6 Å². The van der Waals surface area contributed by atoms with E-state index < -0.39 is 30.6 Å². The number of carboxylic acid groups (broad SMARTS) is 1. The average molecular weight is 487 g/mol. The Labute approximate surface area is 207 Å². The van der Waals surface area contributed by atoms with Gasteiger partial charge in [-0.15, -0.1) is 0 Å². The van der Waals surface area contributed by atoms with Crippen LogP contribution in [0.25, 0.3) is 11.1 Å². The molecule has 0 saturated heterocycles. The molecular weight excluding hydrogens is 448 g/mol. The maximum absolute atomic E-state index is 11.8. The number of hydrogen-bond acceptors (Lipinski definition) is 6. The van der Waals surface area contributed by atoms with E-state index in [1.807, 2.05) is 24.3 Å². The predicted octanol–water partition coefficient (Wildman–Crippen LogP) is 5.09. The number of carbonyl (C=O) groups is 2. The van der Waals surface area contributed by atoms with Gasteiger partial charge in [-0.25, -0.2) is 4.79 Å². The number of ether oxygens (including phenoxy) is 2. The molecule has 2 aromatic rings. The molecule has 3 N–H and O–H groups in total. The van der Waals surface area contributed by atoms with E-state index >= 15 is 0 Å². The topological polar surface area (TPSA) is 113 Å². The fourth-order valence-electron chi connectivity index (χ4n) is 3.52. The molecule has 0 aliphatic heterocycles. The molecule has 0 radical (unpaired) electrons. The van der Waals surface area contributed by atoms with Crippen LogP contribution in [0, 0.1) is 5.41 Å². The molecular formula is C28H38O7. The number of carbonyl (C=O) groups excluding carboxylic acids is 1. The highest BCUT2D eigenvalue weighted by Gasteiger charge is 2.33. The predicted molar refractivity (Wildman–Crippen MR) is 135 cm³/mol. The number of carboxylic acids is 1. The average Bonchev–Trinajstić information content (AvgIpc) is 2.89. The Bertz CT molecular complexity index is 887.